The van der Waals surface area contributed by atoms with Crippen LogP contribution in [0.3, 0.4) is 0 Å². The minimum absolute atomic E-state index is 0.391. The monoisotopic (exact) mass is 259 g/mol. The van der Waals surface area contributed by atoms with Crippen LogP contribution >= 0.6 is 12.2 Å². The van der Waals surface area contributed by atoms with Gasteiger partial charge in [-0.15, -0.1) is 0 Å². The molecule has 1 aliphatic rings. The van der Waals surface area contributed by atoms with Crippen molar-refractivity contribution < 1.29 is 9.90 Å². The average molecular weight is 259 g/mol. The van der Waals surface area contributed by atoms with Crippen LogP contribution in [0.5, 0.6) is 0 Å². The number of hydrazine groups is 1. The molecule has 0 unspecified atom stereocenters. The Morgan fingerprint density at radius 2 is 1.82 bits per heavy atom. The van der Waals surface area contributed by atoms with Crippen molar-refractivity contribution in [1.82, 2.24) is 16.2 Å². The molecule has 0 radical (unpaired) electrons. The van der Waals surface area contributed by atoms with Crippen LogP contribution in [-0.2, 0) is 4.79 Å². The number of thiocarbonyl (C=S) groups is 1. The maximum atomic E-state index is 11.4. The topological polar surface area (TPSA) is 73.4 Å². The first-order chi connectivity index (χ1) is 7.89. The maximum absolute atomic E-state index is 11.4. The Bertz CT molecular complexity index is 283. The van der Waals surface area contributed by atoms with Gasteiger partial charge < -0.3 is 10.4 Å². The Morgan fingerprint density at radius 3 is 2.35 bits per heavy atom. The number of carbonyl (C=O) groups is 1. The Hall–Kier alpha value is -0.880. The summed E-state index contributed by atoms with van der Waals surface area (Å²) in [5.41, 5.74) is 3.56. The highest BCUT2D eigenvalue weighted by Crippen LogP contribution is 2.17. The van der Waals surface area contributed by atoms with Crippen LogP contribution < -0.4 is 16.2 Å². The lowest BCUT2D eigenvalue weighted by molar-refractivity contribution is -0.137. The molecule has 1 aliphatic carbocycles. The van der Waals surface area contributed by atoms with Crippen LogP contribution in [0.15, 0.2) is 0 Å². The van der Waals surface area contributed by atoms with E-state index in [1.54, 1.807) is 0 Å². The average Bonchev–Trinajstić information content (AvgIpc) is 2.26. The van der Waals surface area contributed by atoms with Gasteiger partial charge in [-0.3, -0.25) is 15.6 Å². The third-order valence-electron chi connectivity index (χ3n) is 2.79. The first-order valence-electron chi connectivity index (χ1n) is 5.99. The Kier molecular flexibility index (Phi) is 5.14. The standard InChI is InChI=1S/C11H21N3O2S/c1-11(2,16)9(15)13-14-10(17)12-8-6-4-3-5-7-8/h8,16H,3-7H2,1-2H3,(H,13,15)(H2,12,14,17). The van der Waals surface area contributed by atoms with Gasteiger partial charge in [-0.2, -0.15) is 0 Å². The zero-order chi connectivity index (χ0) is 12.9. The summed E-state index contributed by atoms with van der Waals surface area (Å²) in [5.74, 6) is -0.509. The lowest BCUT2D eigenvalue weighted by Gasteiger charge is -2.25. The van der Waals surface area contributed by atoms with Crippen LogP contribution in [0.25, 0.3) is 0 Å². The van der Waals surface area contributed by atoms with Crippen LogP contribution in [0.2, 0.25) is 0 Å². The van der Waals surface area contributed by atoms with E-state index in [4.69, 9.17) is 12.2 Å². The predicted molar refractivity (Wildman–Crippen MR) is 70.2 cm³/mol. The van der Waals surface area contributed by atoms with E-state index >= 15 is 0 Å². The fraction of sp³-hybridized carbons (Fsp3) is 0.818. The van der Waals surface area contributed by atoms with Crippen molar-refractivity contribution in [3.63, 3.8) is 0 Å². The minimum atomic E-state index is -1.41. The molecule has 0 aromatic heterocycles. The molecule has 5 nitrogen and oxygen atoms in total. The molecule has 0 saturated heterocycles. The molecule has 0 heterocycles. The molecule has 0 bridgehead atoms. The van der Waals surface area contributed by atoms with Gasteiger partial charge in [-0.1, -0.05) is 19.3 Å². The van der Waals surface area contributed by atoms with Crippen molar-refractivity contribution in [2.75, 3.05) is 0 Å². The van der Waals surface area contributed by atoms with Crippen LogP contribution in [0.4, 0.5) is 0 Å². The molecule has 0 aliphatic heterocycles. The van der Waals surface area contributed by atoms with E-state index in [1.165, 1.54) is 33.1 Å². The largest absolute Gasteiger partial charge is 0.381 e. The number of amides is 1. The van der Waals surface area contributed by atoms with E-state index < -0.39 is 11.5 Å². The lowest BCUT2D eigenvalue weighted by atomic mass is 9.96. The number of hydrogen-bond acceptors (Lipinski definition) is 3. The summed E-state index contributed by atoms with van der Waals surface area (Å²) in [5, 5.41) is 13.0. The second kappa shape index (κ2) is 6.16. The van der Waals surface area contributed by atoms with E-state index in [9.17, 15) is 9.90 Å². The molecule has 4 N–H and O–H groups in total. The molecule has 0 aromatic carbocycles. The highest BCUT2D eigenvalue weighted by molar-refractivity contribution is 7.80. The summed E-state index contributed by atoms with van der Waals surface area (Å²) in [6.07, 6.45) is 5.95. The van der Waals surface area contributed by atoms with Gasteiger partial charge in [0.05, 0.1) is 0 Å². The smallest absolute Gasteiger partial charge is 0.269 e. The quantitative estimate of drug-likeness (QED) is 0.431. The molecular formula is C11H21N3O2S. The summed E-state index contributed by atoms with van der Waals surface area (Å²) < 4.78 is 0. The summed E-state index contributed by atoms with van der Waals surface area (Å²) in [4.78, 5) is 11.4. The first-order valence-corrected chi connectivity index (χ1v) is 6.40. The third kappa shape index (κ3) is 5.32. The van der Waals surface area contributed by atoms with Gasteiger partial charge in [-0.25, -0.2) is 0 Å². The molecule has 1 saturated carbocycles. The van der Waals surface area contributed by atoms with Crippen molar-refractivity contribution in [2.45, 2.75) is 57.6 Å². The number of hydrogen-bond donors (Lipinski definition) is 4. The number of rotatable bonds is 2. The molecule has 0 aromatic rings. The molecule has 1 fully saturated rings. The fourth-order valence-corrected chi connectivity index (χ4v) is 1.95. The van der Waals surface area contributed by atoms with E-state index in [0.717, 1.165) is 12.8 Å². The van der Waals surface area contributed by atoms with Crippen LogP contribution in [0.1, 0.15) is 46.0 Å². The molecule has 0 atom stereocenters. The summed E-state index contributed by atoms with van der Waals surface area (Å²) in [7, 11) is 0. The fourth-order valence-electron chi connectivity index (χ4n) is 1.73. The molecule has 6 heteroatoms. The van der Waals surface area contributed by atoms with E-state index in [0.29, 0.717) is 11.2 Å². The van der Waals surface area contributed by atoms with Gasteiger partial charge in [0.2, 0.25) is 0 Å². The first kappa shape index (κ1) is 14.2. The van der Waals surface area contributed by atoms with Gasteiger partial charge in [0.15, 0.2) is 5.11 Å². The Morgan fingerprint density at radius 1 is 1.24 bits per heavy atom. The zero-order valence-corrected chi connectivity index (χ0v) is 11.2. The van der Waals surface area contributed by atoms with Gasteiger partial charge in [-0.05, 0) is 38.9 Å². The molecule has 1 rings (SSSR count). The maximum Gasteiger partial charge on any atom is 0.269 e. The van der Waals surface area contributed by atoms with Crippen molar-refractivity contribution >= 4 is 23.2 Å². The molecule has 0 spiro atoms. The van der Waals surface area contributed by atoms with Crippen molar-refractivity contribution in [1.29, 1.82) is 0 Å². The van der Waals surface area contributed by atoms with Gasteiger partial charge >= 0.3 is 0 Å². The lowest BCUT2D eigenvalue weighted by Crippen LogP contribution is -2.54. The summed E-state index contributed by atoms with van der Waals surface area (Å²) in [6, 6.07) is 0.391. The van der Waals surface area contributed by atoms with Crippen LogP contribution in [0, 0.1) is 0 Å². The van der Waals surface area contributed by atoms with Crippen molar-refractivity contribution in [3.05, 3.63) is 0 Å². The van der Waals surface area contributed by atoms with E-state index in [1.807, 2.05) is 0 Å². The normalized spacial score (nSPS) is 17.4. The molecule has 1 amide bonds. The summed E-state index contributed by atoms with van der Waals surface area (Å²) in [6.45, 7) is 2.84. The number of carbonyl (C=O) groups excluding carboxylic acids is 1. The van der Waals surface area contributed by atoms with Crippen molar-refractivity contribution in [2.24, 2.45) is 0 Å². The van der Waals surface area contributed by atoms with E-state index in [2.05, 4.69) is 16.2 Å². The molecular weight excluding hydrogens is 238 g/mol. The second-order valence-corrected chi connectivity index (χ2v) is 5.35. The van der Waals surface area contributed by atoms with Gasteiger partial charge in [0.1, 0.15) is 5.60 Å². The number of aliphatic hydroxyl groups is 1. The third-order valence-corrected chi connectivity index (χ3v) is 3.01. The zero-order valence-electron chi connectivity index (χ0n) is 10.4. The Labute approximate surface area is 107 Å². The molecule has 17 heavy (non-hydrogen) atoms. The van der Waals surface area contributed by atoms with E-state index in [-0.39, 0.29) is 0 Å². The van der Waals surface area contributed by atoms with Crippen LogP contribution in [-0.4, -0.2) is 27.8 Å². The van der Waals surface area contributed by atoms with Gasteiger partial charge in [0.25, 0.3) is 5.91 Å². The predicted octanol–water partition coefficient (Wildman–Crippen LogP) is 0.585. The molecule has 98 valence electrons. The number of nitrogens with one attached hydrogen (secondary N) is 3. The highest BCUT2D eigenvalue weighted by Gasteiger charge is 2.23. The van der Waals surface area contributed by atoms with Gasteiger partial charge in [0, 0.05) is 6.04 Å². The van der Waals surface area contributed by atoms with Crippen molar-refractivity contribution in [3.8, 4) is 0 Å². The SMILES string of the molecule is CC(C)(O)C(=O)NNC(=S)NC1CCCCC1. The highest BCUT2D eigenvalue weighted by atomic mass is 32.1. The Balaban J connectivity index is 2.23. The summed E-state index contributed by atoms with van der Waals surface area (Å²) >= 11 is 5.06. The second-order valence-electron chi connectivity index (χ2n) is 4.95. The minimum Gasteiger partial charge on any atom is -0.381 e.